The number of hydrogen-bond acceptors (Lipinski definition) is 8. The van der Waals surface area contributed by atoms with Crippen LogP contribution in [0.15, 0.2) is 47.4 Å². The van der Waals surface area contributed by atoms with Crippen LogP contribution in [0.4, 0.5) is 24.5 Å². The number of halogens is 3. The number of aliphatic hydroxyl groups excluding tert-OH is 2. The number of hydrogen-bond donors (Lipinski definition) is 4. The Labute approximate surface area is 238 Å². The molecule has 1 fully saturated rings. The van der Waals surface area contributed by atoms with Crippen molar-refractivity contribution in [2.24, 2.45) is 0 Å². The van der Waals surface area contributed by atoms with Crippen molar-refractivity contribution in [3.05, 3.63) is 48.2 Å². The highest BCUT2D eigenvalue weighted by molar-refractivity contribution is 7.79. The summed E-state index contributed by atoms with van der Waals surface area (Å²) in [6.07, 6.45) is -3.67. The highest BCUT2D eigenvalue weighted by atomic mass is 32.2. The average Bonchev–Trinajstić information content (AvgIpc) is 3.28. The third-order valence-electron chi connectivity index (χ3n) is 6.86. The first kappa shape index (κ1) is 30.7. The molecule has 1 saturated heterocycles. The van der Waals surface area contributed by atoms with E-state index in [0.717, 1.165) is 36.2 Å². The number of β-amino-alcohol motifs (C(OH)–C–C–N with tert-alkyl or cyclic N) is 1. The maximum absolute atomic E-state index is 13.5. The zero-order chi connectivity index (χ0) is 29.6. The third-order valence-corrected chi connectivity index (χ3v) is 7.50. The quantitative estimate of drug-likeness (QED) is 0.209. The summed E-state index contributed by atoms with van der Waals surface area (Å²) in [5.74, 6) is 6.01. The van der Waals surface area contributed by atoms with Gasteiger partial charge in [-0.1, -0.05) is 12.0 Å². The van der Waals surface area contributed by atoms with Gasteiger partial charge in [-0.2, -0.15) is 13.2 Å². The summed E-state index contributed by atoms with van der Waals surface area (Å²) >= 11 is -2.41. The summed E-state index contributed by atoms with van der Waals surface area (Å²) in [6.45, 7) is 0.457. The number of alkyl halides is 3. The highest BCUT2D eigenvalue weighted by Gasteiger charge is 2.30. The first-order valence-corrected chi connectivity index (χ1v) is 14.1. The van der Waals surface area contributed by atoms with E-state index in [-0.39, 0.29) is 29.8 Å². The lowest BCUT2D eigenvalue weighted by Crippen LogP contribution is -2.43. The van der Waals surface area contributed by atoms with Gasteiger partial charge in [-0.15, -0.1) is 0 Å². The Kier molecular flexibility index (Phi) is 10.2. The van der Waals surface area contributed by atoms with E-state index in [4.69, 9.17) is 9.84 Å². The predicted octanol–water partition coefficient (Wildman–Crippen LogP) is 3.14. The molecular weight excluding hydrogens is 561 g/mol. The van der Waals surface area contributed by atoms with Crippen molar-refractivity contribution in [1.29, 1.82) is 0 Å². The van der Waals surface area contributed by atoms with Crippen LogP contribution in [0.1, 0.15) is 18.5 Å². The lowest BCUT2D eigenvalue weighted by molar-refractivity contribution is -0.140. The van der Waals surface area contributed by atoms with Crippen LogP contribution in [0.2, 0.25) is 0 Å². The van der Waals surface area contributed by atoms with E-state index in [1.165, 1.54) is 25.3 Å². The fraction of sp³-hybridized carbons (Fsp3) is 0.429. The van der Waals surface area contributed by atoms with Gasteiger partial charge in [0.2, 0.25) is 0 Å². The Balaban J connectivity index is 1.53. The van der Waals surface area contributed by atoms with Crippen LogP contribution in [0, 0.1) is 11.8 Å². The molecule has 2 atom stereocenters. The molecule has 2 heterocycles. The van der Waals surface area contributed by atoms with Crippen LogP contribution in [-0.2, 0) is 17.6 Å². The van der Waals surface area contributed by atoms with Gasteiger partial charge in [-0.3, -0.25) is 4.21 Å². The van der Waals surface area contributed by atoms with Gasteiger partial charge in [0.05, 0.1) is 43.3 Å². The molecule has 0 aliphatic carbocycles. The minimum atomic E-state index is -4.45. The van der Waals surface area contributed by atoms with E-state index in [2.05, 4.69) is 27.4 Å². The minimum absolute atomic E-state index is 0.0608. The lowest BCUT2D eigenvalue weighted by atomic mass is 10.0. The molecule has 41 heavy (non-hydrogen) atoms. The number of aliphatic hydroxyl groups is 2. The first-order valence-electron chi connectivity index (χ1n) is 13.0. The standard InChI is InChI=1S/C28H33F3N4O5S/c1-40-27-15-22(41(38)39)7-8-25(27)32-11-3-4-20-14-23-24(5-2-6-26(23)35(20)18-28(29,30)31)33-19-9-12-34(13-10-19)16-21(37)17-36/h2,5-8,14-15,19,21,32-33,36-37H,9-13,16-18H2,1H3,(H,38,39)/p-1. The van der Waals surface area contributed by atoms with E-state index in [0.29, 0.717) is 28.9 Å². The van der Waals surface area contributed by atoms with Crippen molar-refractivity contribution in [2.45, 2.75) is 42.6 Å². The van der Waals surface area contributed by atoms with Crippen LogP contribution < -0.4 is 15.4 Å². The molecule has 0 spiro atoms. The fourth-order valence-corrected chi connectivity index (χ4v) is 5.28. The number of ether oxygens (including phenoxy) is 1. The number of nitrogens with one attached hydrogen (secondary N) is 2. The Morgan fingerprint density at radius 2 is 1.95 bits per heavy atom. The Bertz CT molecular complexity index is 1430. The van der Waals surface area contributed by atoms with Crippen LogP contribution in [-0.4, -0.2) is 86.7 Å². The molecule has 0 radical (unpaired) electrons. The molecular formula is C28H32F3N4O5S-. The SMILES string of the molecule is COc1cc(S(=O)[O-])ccc1NCC#Cc1cc2c(NC3CCN(CC(O)CO)CC3)cccc2n1CC(F)(F)F. The molecule has 13 heteroatoms. The number of likely N-dealkylation sites (tertiary alicyclic amines) is 1. The number of methoxy groups -OCH3 is 1. The highest BCUT2D eigenvalue weighted by Crippen LogP contribution is 2.31. The molecule has 1 aliphatic heterocycles. The van der Waals surface area contributed by atoms with E-state index >= 15 is 0 Å². The van der Waals surface area contributed by atoms with Gasteiger partial charge in [0.25, 0.3) is 0 Å². The molecule has 0 saturated carbocycles. The van der Waals surface area contributed by atoms with E-state index in [1.54, 1.807) is 18.2 Å². The van der Waals surface area contributed by atoms with Crippen molar-refractivity contribution in [3.63, 3.8) is 0 Å². The zero-order valence-electron chi connectivity index (χ0n) is 22.4. The minimum Gasteiger partial charge on any atom is -0.768 e. The monoisotopic (exact) mass is 593 g/mol. The largest absolute Gasteiger partial charge is 0.768 e. The number of anilines is 2. The summed E-state index contributed by atoms with van der Waals surface area (Å²) in [5.41, 5.74) is 1.84. The molecule has 4 N–H and O–H groups in total. The summed E-state index contributed by atoms with van der Waals surface area (Å²) in [4.78, 5) is 2.14. The van der Waals surface area contributed by atoms with Gasteiger partial charge < -0.3 is 39.6 Å². The second-order valence-electron chi connectivity index (χ2n) is 9.78. The molecule has 1 aliphatic rings. The summed E-state index contributed by atoms with van der Waals surface area (Å²) < 4.78 is 69.4. The summed E-state index contributed by atoms with van der Waals surface area (Å²) in [6, 6.07) is 11.2. The predicted molar refractivity (Wildman–Crippen MR) is 150 cm³/mol. The normalized spacial score (nSPS) is 16.2. The van der Waals surface area contributed by atoms with Gasteiger partial charge in [-0.05, 0) is 66.2 Å². The van der Waals surface area contributed by atoms with Crippen LogP contribution in [0.25, 0.3) is 10.9 Å². The molecule has 222 valence electrons. The van der Waals surface area contributed by atoms with Gasteiger partial charge in [0, 0.05) is 41.6 Å². The van der Waals surface area contributed by atoms with Crippen molar-refractivity contribution in [2.75, 3.05) is 50.5 Å². The molecule has 9 nitrogen and oxygen atoms in total. The molecule has 3 aromatic rings. The zero-order valence-corrected chi connectivity index (χ0v) is 23.2. The van der Waals surface area contributed by atoms with Crippen LogP contribution >= 0.6 is 0 Å². The first-order chi connectivity index (χ1) is 19.6. The van der Waals surface area contributed by atoms with Crippen molar-refractivity contribution in [1.82, 2.24) is 9.47 Å². The van der Waals surface area contributed by atoms with Gasteiger partial charge in [0.1, 0.15) is 12.3 Å². The van der Waals surface area contributed by atoms with Crippen molar-refractivity contribution < 1.29 is 36.9 Å². The third kappa shape index (κ3) is 8.15. The van der Waals surface area contributed by atoms with Crippen molar-refractivity contribution >= 4 is 33.4 Å². The summed E-state index contributed by atoms with van der Waals surface area (Å²) in [7, 11) is 1.40. The fourth-order valence-electron chi connectivity index (χ4n) is 4.89. The number of nitrogens with zero attached hydrogens (tertiary/aromatic N) is 2. The Hall–Kier alpha value is -3.28. The number of rotatable bonds is 10. The van der Waals surface area contributed by atoms with Crippen molar-refractivity contribution in [3.8, 4) is 17.6 Å². The molecule has 4 rings (SSSR count). The number of piperidine rings is 1. The lowest BCUT2D eigenvalue weighted by Gasteiger charge is -2.33. The number of aromatic nitrogens is 1. The molecule has 2 unspecified atom stereocenters. The van der Waals surface area contributed by atoms with Crippen LogP contribution in [0.3, 0.4) is 0 Å². The topological polar surface area (TPSA) is 122 Å². The number of fused-ring (bicyclic) bond motifs is 1. The Morgan fingerprint density at radius 1 is 1.20 bits per heavy atom. The second-order valence-corrected chi connectivity index (χ2v) is 10.7. The smallest absolute Gasteiger partial charge is 0.406 e. The maximum atomic E-state index is 13.5. The Morgan fingerprint density at radius 3 is 2.61 bits per heavy atom. The molecule has 1 aromatic heterocycles. The second kappa shape index (κ2) is 13.6. The molecule has 2 aromatic carbocycles. The number of benzene rings is 2. The van der Waals surface area contributed by atoms with E-state index in [9.17, 15) is 27.0 Å². The molecule has 0 amide bonds. The average molecular weight is 594 g/mol. The molecule has 0 bridgehead atoms. The van der Waals surface area contributed by atoms with Gasteiger partial charge >= 0.3 is 6.18 Å². The van der Waals surface area contributed by atoms with Crippen LogP contribution in [0.5, 0.6) is 5.75 Å². The maximum Gasteiger partial charge on any atom is 0.406 e. The van der Waals surface area contributed by atoms with Gasteiger partial charge in [-0.25, -0.2) is 0 Å². The summed E-state index contributed by atoms with van der Waals surface area (Å²) in [5, 5.41) is 25.9. The van der Waals surface area contributed by atoms with E-state index < -0.39 is 29.9 Å². The van der Waals surface area contributed by atoms with E-state index in [1.807, 2.05) is 6.07 Å². The van der Waals surface area contributed by atoms with Gasteiger partial charge in [0.15, 0.2) is 0 Å².